The number of hydrogen-bond donors (Lipinski definition) is 1. The van der Waals surface area contributed by atoms with Crippen molar-refractivity contribution in [2.24, 2.45) is 0 Å². The van der Waals surface area contributed by atoms with Gasteiger partial charge in [0.05, 0.1) is 12.2 Å². The first-order valence-electron chi connectivity index (χ1n) is 4.76. The lowest BCUT2D eigenvalue weighted by atomic mass is 10.2. The third-order valence-corrected chi connectivity index (χ3v) is 1.73. The molecule has 17 heavy (non-hydrogen) atoms. The third kappa shape index (κ3) is 7.32. The first-order valence-corrected chi connectivity index (χ1v) is 5.13. The Labute approximate surface area is 104 Å². The van der Waals surface area contributed by atoms with E-state index in [9.17, 15) is 9.59 Å². The van der Waals surface area contributed by atoms with Gasteiger partial charge >= 0.3 is 11.9 Å². The van der Waals surface area contributed by atoms with Crippen LogP contribution in [0.5, 0.6) is 0 Å². The summed E-state index contributed by atoms with van der Waals surface area (Å²) in [6, 6.07) is 6.11. The molecule has 0 spiro atoms. The van der Waals surface area contributed by atoms with E-state index >= 15 is 0 Å². The highest BCUT2D eigenvalue weighted by Gasteiger charge is 2.05. The fourth-order valence-corrected chi connectivity index (χ4v) is 1.06. The van der Waals surface area contributed by atoms with Gasteiger partial charge in [-0.25, -0.2) is 4.79 Å². The Morgan fingerprint density at radius 3 is 2.41 bits per heavy atom. The molecule has 0 amide bonds. The summed E-state index contributed by atoms with van der Waals surface area (Å²) in [5.74, 6) is -1.02. The van der Waals surface area contributed by atoms with Crippen molar-refractivity contribution in [3.05, 3.63) is 34.9 Å². The molecule has 0 heterocycles. The van der Waals surface area contributed by atoms with Crippen LogP contribution in [0, 0.1) is 0 Å². The number of halogens is 1. The van der Waals surface area contributed by atoms with Crippen LogP contribution in [0.2, 0.25) is 5.02 Å². The van der Waals surface area contributed by atoms with Crippen molar-refractivity contribution in [1.29, 1.82) is 0 Å². The summed E-state index contributed by atoms with van der Waals surface area (Å²) >= 11 is 5.56. The monoisotopic (exact) mass is 260 g/mol. The van der Waals surface area contributed by atoms with Gasteiger partial charge in [-0.3, -0.25) is 9.68 Å². The molecule has 0 saturated carbocycles. The number of benzene rings is 1. The van der Waals surface area contributed by atoms with Gasteiger partial charge in [-0.2, -0.15) is 5.26 Å². The first-order chi connectivity index (χ1) is 8.01. The molecule has 0 aliphatic heterocycles. The van der Waals surface area contributed by atoms with Gasteiger partial charge in [0.15, 0.2) is 0 Å². The molecule has 94 valence electrons. The Morgan fingerprint density at radius 2 is 2.06 bits per heavy atom. The van der Waals surface area contributed by atoms with E-state index < -0.39 is 5.97 Å². The summed E-state index contributed by atoms with van der Waals surface area (Å²) in [6.45, 7) is 3.65. The van der Waals surface area contributed by atoms with E-state index in [0.29, 0.717) is 11.6 Å². The average molecular weight is 261 g/mol. The van der Waals surface area contributed by atoms with Crippen molar-refractivity contribution in [1.82, 2.24) is 0 Å². The lowest BCUT2D eigenvalue weighted by molar-refractivity contribution is -0.182. The predicted molar refractivity (Wildman–Crippen MR) is 61.8 cm³/mol. The van der Waals surface area contributed by atoms with Crippen LogP contribution in [0.25, 0.3) is 0 Å². The second-order valence-corrected chi connectivity index (χ2v) is 3.25. The molecule has 1 aromatic rings. The van der Waals surface area contributed by atoms with E-state index in [1.54, 1.807) is 19.1 Å². The topological polar surface area (TPSA) is 72.8 Å². The zero-order valence-electron chi connectivity index (χ0n) is 9.47. The van der Waals surface area contributed by atoms with Crippen molar-refractivity contribution in [2.75, 3.05) is 6.61 Å². The normalized spacial score (nSPS) is 8.71. The molecule has 0 aliphatic carbocycles. The molecule has 0 bridgehead atoms. The minimum Gasteiger partial charge on any atom is -0.466 e. The van der Waals surface area contributed by atoms with E-state index in [0.717, 1.165) is 0 Å². The van der Waals surface area contributed by atoms with Crippen molar-refractivity contribution in [3.8, 4) is 0 Å². The molecule has 1 rings (SSSR count). The molecule has 1 N–H and O–H groups in total. The van der Waals surface area contributed by atoms with E-state index in [2.05, 4.69) is 9.62 Å². The van der Waals surface area contributed by atoms with E-state index in [-0.39, 0.29) is 11.5 Å². The molecule has 0 unspecified atom stereocenters. The standard InChI is InChI=1S/C7H5ClO3.C4H8O2/c8-6-3-1-2-5(4-6)7(9)11-10;1-3-6-4(2)5/h1-4,10H;3H2,1-2H3. The number of carbonyl (C=O) groups excluding carboxylic acids is 2. The number of ether oxygens (including phenoxy) is 1. The van der Waals surface area contributed by atoms with Gasteiger partial charge in [0.2, 0.25) is 0 Å². The Balaban J connectivity index is 0.000000366. The van der Waals surface area contributed by atoms with Crippen LogP contribution in [0.1, 0.15) is 24.2 Å². The van der Waals surface area contributed by atoms with Crippen molar-refractivity contribution in [2.45, 2.75) is 13.8 Å². The van der Waals surface area contributed by atoms with Crippen LogP contribution < -0.4 is 0 Å². The molecule has 0 saturated heterocycles. The summed E-state index contributed by atoms with van der Waals surface area (Å²) in [5.41, 5.74) is 0.222. The predicted octanol–water partition coefficient (Wildman–Crippen LogP) is 2.54. The van der Waals surface area contributed by atoms with Gasteiger partial charge in [-0.05, 0) is 25.1 Å². The molecule has 0 aliphatic rings. The SMILES string of the molecule is CCOC(C)=O.O=C(OO)c1cccc(Cl)c1. The van der Waals surface area contributed by atoms with Crippen molar-refractivity contribution < 1.29 is 24.5 Å². The number of hydrogen-bond acceptors (Lipinski definition) is 5. The van der Waals surface area contributed by atoms with Crippen LogP contribution in [-0.2, 0) is 14.4 Å². The molecule has 1 aromatic carbocycles. The minimum absolute atomic E-state index is 0.211. The van der Waals surface area contributed by atoms with E-state index in [4.69, 9.17) is 16.9 Å². The number of esters is 1. The van der Waals surface area contributed by atoms with E-state index in [1.165, 1.54) is 19.1 Å². The van der Waals surface area contributed by atoms with Crippen LogP contribution in [0.4, 0.5) is 0 Å². The molecular formula is C11H13ClO5. The van der Waals surface area contributed by atoms with Gasteiger partial charge in [0.25, 0.3) is 0 Å². The average Bonchev–Trinajstić information content (AvgIpc) is 2.28. The highest BCUT2D eigenvalue weighted by molar-refractivity contribution is 6.30. The quantitative estimate of drug-likeness (QED) is 0.503. The molecule has 0 radical (unpaired) electrons. The number of rotatable bonds is 2. The summed E-state index contributed by atoms with van der Waals surface area (Å²) < 4.78 is 4.40. The Hall–Kier alpha value is -1.59. The zero-order chi connectivity index (χ0) is 13.3. The maximum atomic E-state index is 10.6. The molecule has 0 fully saturated rings. The van der Waals surface area contributed by atoms with Gasteiger partial charge in [-0.15, -0.1) is 0 Å². The van der Waals surface area contributed by atoms with Crippen molar-refractivity contribution in [3.63, 3.8) is 0 Å². The fraction of sp³-hybridized carbons (Fsp3) is 0.273. The highest BCUT2D eigenvalue weighted by Crippen LogP contribution is 2.10. The minimum atomic E-state index is -0.813. The first kappa shape index (κ1) is 15.4. The zero-order valence-corrected chi connectivity index (χ0v) is 10.2. The Kier molecular flexibility index (Phi) is 7.75. The third-order valence-electron chi connectivity index (χ3n) is 1.49. The van der Waals surface area contributed by atoms with Crippen LogP contribution in [-0.4, -0.2) is 23.8 Å². The van der Waals surface area contributed by atoms with E-state index in [1.807, 2.05) is 0 Å². The molecule has 0 atom stereocenters. The van der Waals surface area contributed by atoms with Crippen LogP contribution in [0.15, 0.2) is 24.3 Å². The lowest BCUT2D eigenvalue weighted by Crippen LogP contribution is -2.00. The van der Waals surface area contributed by atoms with Gasteiger partial charge in [0, 0.05) is 11.9 Å². The second-order valence-electron chi connectivity index (χ2n) is 2.81. The van der Waals surface area contributed by atoms with Crippen LogP contribution in [0.3, 0.4) is 0 Å². The molecule has 0 aromatic heterocycles. The highest BCUT2D eigenvalue weighted by atomic mass is 35.5. The fourth-order valence-electron chi connectivity index (χ4n) is 0.871. The maximum absolute atomic E-state index is 10.6. The Bertz CT molecular complexity index is 378. The largest absolute Gasteiger partial charge is 0.466 e. The molecule has 5 nitrogen and oxygen atoms in total. The van der Waals surface area contributed by atoms with Gasteiger partial charge in [-0.1, -0.05) is 17.7 Å². The molecular weight excluding hydrogens is 248 g/mol. The lowest BCUT2D eigenvalue weighted by Gasteiger charge is -1.95. The number of carbonyl (C=O) groups is 2. The smallest absolute Gasteiger partial charge is 0.372 e. The summed E-state index contributed by atoms with van der Waals surface area (Å²) in [4.78, 5) is 23.9. The van der Waals surface area contributed by atoms with Gasteiger partial charge < -0.3 is 4.74 Å². The molecule has 6 heteroatoms. The summed E-state index contributed by atoms with van der Waals surface area (Å²) in [6.07, 6.45) is 0. The summed E-state index contributed by atoms with van der Waals surface area (Å²) in [7, 11) is 0. The Morgan fingerprint density at radius 1 is 1.41 bits per heavy atom. The second kappa shape index (κ2) is 8.55. The van der Waals surface area contributed by atoms with Crippen LogP contribution >= 0.6 is 11.6 Å². The summed E-state index contributed by atoms with van der Waals surface area (Å²) in [5, 5.41) is 8.41. The van der Waals surface area contributed by atoms with Gasteiger partial charge in [0.1, 0.15) is 0 Å². The maximum Gasteiger partial charge on any atom is 0.372 e. The van der Waals surface area contributed by atoms with Crippen molar-refractivity contribution >= 4 is 23.5 Å².